The number of amides is 1. The topological polar surface area (TPSA) is 102 Å². The predicted octanol–water partition coefficient (Wildman–Crippen LogP) is 1.61. The van der Waals surface area contributed by atoms with Gasteiger partial charge in [0.25, 0.3) is 11.6 Å². The Kier molecular flexibility index (Phi) is 3.89. The summed E-state index contributed by atoms with van der Waals surface area (Å²) < 4.78 is 0. The lowest BCUT2D eigenvalue weighted by Crippen LogP contribution is -2.29. The number of nitrogen functional groups attached to an aromatic ring is 1. The van der Waals surface area contributed by atoms with E-state index in [0.29, 0.717) is 30.5 Å². The number of rotatable bonds is 3. The molecule has 1 saturated heterocycles. The van der Waals surface area contributed by atoms with Crippen molar-refractivity contribution in [2.45, 2.75) is 13.8 Å². The lowest BCUT2D eigenvalue weighted by molar-refractivity contribution is -0.384. The van der Waals surface area contributed by atoms with Crippen LogP contribution in [0.4, 0.5) is 11.4 Å². The summed E-state index contributed by atoms with van der Waals surface area (Å²) in [5.41, 5.74) is 2.57. The first-order valence-electron chi connectivity index (χ1n) is 6.48. The van der Waals surface area contributed by atoms with E-state index in [2.05, 4.69) is 19.3 Å². The van der Waals surface area contributed by atoms with Gasteiger partial charge in [0.1, 0.15) is 5.69 Å². The van der Waals surface area contributed by atoms with Gasteiger partial charge in [0.2, 0.25) is 0 Å². The van der Waals surface area contributed by atoms with Gasteiger partial charge in [-0.2, -0.15) is 0 Å². The molecule has 1 aromatic carbocycles. The number of carbonyl (C=O) groups excluding carboxylic acids is 1. The van der Waals surface area contributed by atoms with Crippen molar-refractivity contribution in [2.24, 2.45) is 17.7 Å². The first kappa shape index (κ1) is 14.3. The Labute approximate surface area is 116 Å². The molecule has 1 heterocycles. The summed E-state index contributed by atoms with van der Waals surface area (Å²) in [6.07, 6.45) is 0. The van der Waals surface area contributed by atoms with Crippen molar-refractivity contribution in [2.75, 3.05) is 18.5 Å². The molecule has 2 atom stereocenters. The van der Waals surface area contributed by atoms with Crippen molar-refractivity contribution in [1.82, 2.24) is 4.90 Å². The van der Waals surface area contributed by atoms with Crippen LogP contribution in [0.1, 0.15) is 24.2 Å². The summed E-state index contributed by atoms with van der Waals surface area (Å²) in [4.78, 5) is 24.5. The van der Waals surface area contributed by atoms with Crippen LogP contribution >= 0.6 is 0 Å². The number of benzene rings is 1. The third-order valence-electron chi connectivity index (χ3n) is 3.87. The van der Waals surface area contributed by atoms with Gasteiger partial charge in [-0.1, -0.05) is 13.8 Å². The Hall–Kier alpha value is -2.15. The van der Waals surface area contributed by atoms with Crippen LogP contribution in [0.25, 0.3) is 0 Å². The van der Waals surface area contributed by atoms with E-state index in [1.807, 2.05) is 0 Å². The molecule has 0 bridgehead atoms. The average molecular weight is 278 g/mol. The Morgan fingerprint density at radius 2 is 2.00 bits per heavy atom. The van der Waals surface area contributed by atoms with Crippen molar-refractivity contribution < 1.29 is 9.72 Å². The number of nitrogens with zero attached hydrogens (tertiary/aromatic N) is 2. The summed E-state index contributed by atoms with van der Waals surface area (Å²) in [5, 5.41) is 11.0. The first-order chi connectivity index (χ1) is 9.43. The maximum atomic E-state index is 12.4. The molecule has 1 fully saturated rings. The molecule has 2 rings (SSSR count). The van der Waals surface area contributed by atoms with E-state index in [9.17, 15) is 14.9 Å². The Morgan fingerprint density at radius 3 is 2.50 bits per heavy atom. The molecule has 7 nitrogen and oxygen atoms in total. The molecule has 2 unspecified atom stereocenters. The first-order valence-corrected chi connectivity index (χ1v) is 6.48. The van der Waals surface area contributed by atoms with E-state index in [1.54, 1.807) is 11.0 Å². The smallest absolute Gasteiger partial charge is 0.294 e. The SMILES string of the molecule is CC1CN(C(=O)c2ccc(NN)c([N+](=O)[O-])c2)CC1C. The number of anilines is 1. The zero-order valence-corrected chi connectivity index (χ0v) is 11.5. The predicted molar refractivity (Wildman–Crippen MR) is 75.1 cm³/mol. The van der Waals surface area contributed by atoms with Crippen LogP contribution in [0.15, 0.2) is 18.2 Å². The number of hydrogen-bond acceptors (Lipinski definition) is 5. The lowest BCUT2D eigenvalue weighted by atomic mass is 10.0. The highest BCUT2D eigenvalue weighted by molar-refractivity contribution is 5.96. The molecule has 0 saturated carbocycles. The zero-order chi connectivity index (χ0) is 14.9. The average Bonchev–Trinajstić information content (AvgIpc) is 2.77. The molecular formula is C13H18N4O3. The van der Waals surface area contributed by atoms with Crippen LogP contribution in [-0.4, -0.2) is 28.8 Å². The highest BCUT2D eigenvalue weighted by atomic mass is 16.6. The number of carbonyl (C=O) groups is 1. The van der Waals surface area contributed by atoms with Gasteiger partial charge in [-0.15, -0.1) is 0 Å². The van der Waals surface area contributed by atoms with Crippen LogP contribution in [0.2, 0.25) is 0 Å². The maximum absolute atomic E-state index is 12.4. The molecular weight excluding hydrogens is 260 g/mol. The second kappa shape index (κ2) is 5.46. The number of nitrogens with one attached hydrogen (secondary N) is 1. The van der Waals surface area contributed by atoms with Crippen molar-refractivity contribution in [3.05, 3.63) is 33.9 Å². The van der Waals surface area contributed by atoms with Gasteiger partial charge in [-0.05, 0) is 24.0 Å². The van der Waals surface area contributed by atoms with Crippen LogP contribution in [0, 0.1) is 22.0 Å². The van der Waals surface area contributed by atoms with Crippen molar-refractivity contribution in [3.63, 3.8) is 0 Å². The van der Waals surface area contributed by atoms with E-state index in [1.165, 1.54) is 12.1 Å². The minimum absolute atomic E-state index is 0.173. The van der Waals surface area contributed by atoms with Crippen LogP contribution in [-0.2, 0) is 0 Å². The van der Waals surface area contributed by atoms with E-state index in [0.717, 1.165) is 0 Å². The molecule has 0 aromatic heterocycles. The number of nitro groups is 1. The van der Waals surface area contributed by atoms with Gasteiger partial charge in [-0.3, -0.25) is 20.8 Å². The fourth-order valence-electron chi connectivity index (χ4n) is 2.42. The second-order valence-corrected chi connectivity index (χ2v) is 5.30. The highest BCUT2D eigenvalue weighted by Gasteiger charge is 2.30. The molecule has 108 valence electrons. The van der Waals surface area contributed by atoms with E-state index < -0.39 is 4.92 Å². The van der Waals surface area contributed by atoms with Crippen molar-refractivity contribution in [1.29, 1.82) is 0 Å². The van der Waals surface area contributed by atoms with E-state index in [4.69, 9.17) is 5.84 Å². The number of nitrogens with two attached hydrogens (primary N) is 1. The maximum Gasteiger partial charge on any atom is 0.294 e. The van der Waals surface area contributed by atoms with Gasteiger partial charge < -0.3 is 10.3 Å². The fraction of sp³-hybridized carbons (Fsp3) is 0.462. The summed E-state index contributed by atoms with van der Waals surface area (Å²) in [6.45, 7) is 5.57. The van der Waals surface area contributed by atoms with Crippen LogP contribution in [0.3, 0.4) is 0 Å². The molecule has 20 heavy (non-hydrogen) atoms. The fourth-order valence-corrected chi connectivity index (χ4v) is 2.42. The molecule has 0 spiro atoms. The number of likely N-dealkylation sites (tertiary alicyclic amines) is 1. The third-order valence-corrected chi connectivity index (χ3v) is 3.87. The van der Waals surface area contributed by atoms with Gasteiger partial charge in [0.05, 0.1) is 4.92 Å². The van der Waals surface area contributed by atoms with Gasteiger partial charge in [-0.25, -0.2) is 0 Å². The lowest BCUT2D eigenvalue weighted by Gasteiger charge is -2.16. The highest BCUT2D eigenvalue weighted by Crippen LogP contribution is 2.28. The third kappa shape index (κ3) is 2.57. The number of nitro benzene ring substituents is 1. The number of hydrazine groups is 1. The van der Waals surface area contributed by atoms with Crippen molar-refractivity contribution in [3.8, 4) is 0 Å². The summed E-state index contributed by atoms with van der Waals surface area (Å²) >= 11 is 0. The monoisotopic (exact) mass is 278 g/mol. The van der Waals surface area contributed by atoms with Crippen LogP contribution in [0.5, 0.6) is 0 Å². The molecule has 1 aromatic rings. The molecule has 1 amide bonds. The van der Waals surface area contributed by atoms with Crippen molar-refractivity contribution >= 4 is 17.3 Å². The van der Waals surface area contributed by atoms with Gasteiger partial charge in [0.15, 0.2) is 0 Å². The summed E-state index contributed by atoms with van der Waals surface area (Å²) in [5.74, 6) is 5.94. The molecule has 3 N–H and O–H groups in total. The van der Waals surface area contributed by atoms with Gasteiger partial charge >= 0.3 is 0 Å². The Morgan fingerprint density at radius 1 is 1.40 bits per heavy atom. The minimum atomic E-state index is -0.554. The van der Waals surface area contributed by atoms with E-state index >= 15 is 0 Å². The van der Waals surface area contributed by atoms with Gasteiger partial charge in [0, 0.05) is 24.7 Å². The molecule has 1 aliphatic rings. The standard InChI is InChI=1S/C13H18N4O3/c1-8-6-16(7-9(8)2)13(18)10-3-4-11(15-14)12(5-10)17(19)20/h3-5,8-9,15H,6-7,14H2,1-2H3. The Bertz CT molecular complexity index is 536. The second-order valence-electron chi connectivity index (χ2n) is 5.30. The van der Waals surface area contributed by atoms with E-state index in [-0.39, 0.29) is 17.3 Å². The summed E-state index contributed by atoms with van der Waals surface area (Å²) in [6, 6.07) is 4.28. The number of hydrogen-bond donors (Lipinski definition) is 2. The minimum Gasteiger partial charge on any atom is -0.338 e. The molecule has 0 aliphatic carbocycles. The molecule has 1 aliphatic heterocycles. The largest absolute Gasteiger partial charge is 0.338 e. The normalized spacial score (nSPS) is 21.9. The summed E-state index contributed by atoms with van der Waals surface area (Å²) in [7, 11) is 0. The molecule has 0 radical (unpaired) electrons. The zero-order valence-electron chi connectivity index (χ0n) is 11.5. The molecule has 7 heteroatoms. The quantitative estimate of drug-likeness (QED) is 0.497. The van der Waals surface area contributed by atoms with Crippen LogP contribution < -0.4 is 11.3 Å². The Balaban J connectivity index is 2.27.